The fourth-order valence-corrected chi connectivity index (χ4v) is 3.16. The molecule has 1 aromatic heterocycles. The van der Waals surface area contributed by atoms with Crippen molar-refractivity contribution in [3.8, 4) is 11.4 Å². The fourth-order valence-electron chi connectivity index (χ4n) is 3.16. The Hall–Kier alpha value is -2.75. The molecule has 1 atom stereocenters. The monoisotopic (exact) mass is 288 g/mol. The molecule has 0 radical (unpaired) electrons. The molecule has 0 aliphatic heterocycles. The maximum atomic E-state index is 4.25. The van der Waals surface area contributed by atoms with Crippen LogP contribution in [0.5, 0.6) is 0 Å². The molecule has 4 rings (SSSR count). The zero-order valence-electron chi connectivity index (χ0n) is 12.6. The first-order valence-corrected chi connectivity index (χ1v) is 7.35. The van der Waals surface area contributed by atoms with Gasteiger partial charge in [-0.2, -0.15) is 0 Å². The van der Waals surface area contributed by atoms with E-state index in [2.05, 4.69) is 77.1 Å². The van der Waals surface area contributed by atoms with Gasteiger partial charge >= 0.3 is 0 Å². The minimum atomic E-state index is 0.288. The summed E-state index contributed by atoms with van der Waals surface area (Å²) in [6.07, 6.45) is 6.51. The van der Waals surface area contributed by atoms with E-state index in [-0.39, 0.29) is 5.92 Å². The van der Waals surface area contributed by atoms with Crippen LogP contribution in [-0.4, -0.2) is 20.2 Å². The van der Waals surface area contributed by atoms with Crippen LogP contribution in [0.3, 0.4) is 0 Å². The maximum Gasteiger partial charge on any atom is 0.182 e. The van der Waals surface area contributed by atoms with Crippen LogP contribution in [0.1, 0.15) is 18.4 Å². The first kappa shape index (κ1) is 13.0. The average Bonchev–Trinajstić information content (AvgIpc) is 3.14. The van der Waals surface area contributed by atoms with Gasteiger partial charge in [0.2, 0.25) is 0 Å². The molecule has 108 valence electrons. The van der Waals surface area contributed by atoms with Crippen molar-refractivity contribution in [2.45, 2.75) is 12.8 Å². The third-order valence-electron chi connectivity index (χ3n) is 4.29. The predicted molar refractivity (Wildman–Crippen MR) is 87.4 cm³/mol. The van der Waals surface area contributed by atoms with Crippen molar-refractivity contribution in [1.29, 1.82) is 0 Å². The lowest BCUT2D eigenvalue weighted by Gasteiger charge is -2.17. The fraction of sp³-hybridized carbons (Fsp3) is 0.167. The number of rotatable bonds is 2. The van der Waals surface area contributed by atoms with E-state index in [1.165, 1.54) is 21.9 Å². The van der Waals surface area contributed by atoms with Gasteiger partial charge in [0, 0.05) is 18.5 Å². The number of tetrazole rings is 1. The molecule has 22 heavy (non-hydrogen) atoms. The van der Waals surface area contributed by atoms with Gasteiger partial charge in [0.1, 0.15) is 0 Å². The van der Waals surface area contributed by atoms with Gasteiger partial charge in [0.25, 0.3) is 0 Å². The van der Waals surface area contributed by atoms with Crippen molar-refractivity contribution in [3.05, 3.63) is 65.8 Å². The lowest BCUT2D eigenvalue weighted by molar-refractivity contribution is 0.714. The van der Waals surface area contributed by atoms with Crippen LogP contribution in [0.25, 0.3) is 22.2 Å². The van der Waals surface area contributed by atoms with E-state index in [0.717, 1.165) is 11.4 Å². The smallest absolute Gasteiger partial charge is 0.182 e. The van der Waals surface area contributed by atoms with Gasteiger partial charge in [0.05, 0.1) is 0 Å². The van der Waals surface area contributed by atoms with Crippen LogP contribution < -0.4 is 0 Å². The molecule has 1 heterocycles. The molecule has 1 aliphatic rings. The third-order valence-corrected chi connectivity index (χ3v) is 4.29. The topological polar surface area (TPSA) is 43.6 Å². The number of nitrogens with zero attached hydrogens (tertiary/aromatic N) is 4. The molecule has 0 amide bonds. The van der Waals surface area contributed by atoms with E-state index in [4.69, 9.17) is 0 Å². The van der Waals surface area contributed by atoms with Crippen molar-refractivity contribution in [2.24, 2.45) is 7.05 Å². The standard InChI is InChI=1S/C18H16N4/c1-12-6-5-9-14(12)16-11-10-13-7-3-4-8-15(13)17(16)18-19-20-21-22(18)2/h3-11,14H,1-2H3. The van der Waals surface area contributed by atoms with E-state index in [1.807, 2.05) is 7.05 Å². The third kappa shape index (κ3) is 1.88. The van der Waals surface area contributed by atoms with Gasteiger partial charge < -0.3 is 0 Å². The summed E-state index contributed by atoms with van der Waals surface area (Å²) in [5.41, 5.74) is 3.71. The molecule has 0 bridgehead atoms. The number of fused-ring (bicyclic) bond motifs is 1. The number of allylic oxidation sites excluding steroid dienone is 4. The summed E-state index contributed by atoms with van der Waals surface area (Å²) < 4.78 is 1.74. The predicted octanol–water partition coefficient (Wildman–Crippen LogP) is 3.63. The second kappa shape index (κ2) is 4.91. The van der Waals surface area contributed by atoms with Gasteiger partial charge in [-0.3, -0.25) is 0 Å². The molecule has 0 N–H and O–H groups in total. The summed E-state index contributed by atoms with van der Waals surface area (Å²) in [4.78, 5) is 0. The van der Waals surface area contributed by atoms with Crippen molar-refractivity contribution in [1.82, 2.24) is 20.2 Å². The number of hydrogen-bond donors (Lipinski definition) is 0. The highest BCUT2D eigenvalue weighted by molar-refractivity contribution is 5.97. The van der Waals surface area contributed by atoms with Crippen molar-refractivity contribution >= 4 is 10.8 Å². The molecular weight excluding hydrogens is 272 g/mol. The Morgan fingerprint density at radius 2 is 1.95 bits per heavy atom. The zero-order valence-corrected chi connectivity index (χ0v) is 12.6. The minimum Gasteiger partial charge on any atom is -0.229 e. The molecule has 1 aliphatic carbocycles. The summed E-state index contributed by atoms with van der Waals surface area (Å²) in [6.45, 7) is 2.17. The number of aryl methyl sites for hydroxylation is 1. The summed E-state index contributed by atoms with van der Waals surface area (Å²) in [5.74, 6) is 1.09. The normalized spacial score (nSPS) is 17.2. The lowest BCUT2D eigenvalue weighted by atomic mass is 9.87. The van der Waals surface area contributed by atoms with E-state index in [1.54, 1.807) is 4.68 Å². The van der Waals surface area contributed by atoms with Crippen LogP contribution in [0.15, 0.2) is 60.2 Å². The highest BCUT2D eigenvalue weighted by Gasteiger charge is 2.22. The minimum absolute atomic E-state index is 0.288. The summed E-state index contributed by atoms with van der Waals surface area (Å²) in [6, 6.07) is 12.8. The molecule has 2 aromatic carbocycles. The van der Waals surface area contributed by atoms with Crippen LogP contribution in [0.4, 0.5) is 0 Å². The van der Waals surface area contributed by atoms with Gasteiger partial charge in [-0.15, -0.1) is 5.10 Å². The summed E-state index contributed by atoms with van der Waals surface area (Å²) >= 11 is 0. The number of benzene rings is 2. The van der Waals surface area contributed by atoms with Crippen molar-refractivity contribution in [2.75, 3.05) is 0 Å². The first-order valence-electron chi connectivity index (χ1n) is 7.35. The average molecular weight is 288 g/mol. The number of aromatic nitrogens is 4. The van der Waals surface area contributed by atoms with E-state index < -0.39 is 0 Å². The molecule has 0 saturated carbocycles. The molecule has 4 heteroatoms. The van der Waals surface area contributed by atoms with E-state index in [0.29, 0.717) is 0 Å². The van der Waals surface area contributed by atoms with Crippen LogP contribution in [0, 0.1) is 0 Å². The Labute approximate surface area is 128 Å². The second-order valence-corrected chi connectivity index (χ2v) is 5.65. The Morgan fingerprint density at radius 1 is 1.09 bits per heavy atom. The highest BCUT2D eigenvalue weighted by atomic mass is 15.5. The second-order valence-electron chi connectivity index (χ2n) is 5.65. The quantitative estimate of drug-likeness (QED) is 0.723. The highest BCUT2D eigenvalue weighted by Crippen LogP contribution is 2.39. The Morgan fingerprint density at radius 3 is 2.68 bits per heavy atom. The zero-order chi connectivity index (χ0) is 15.1. The van der Waals surface area contributed by atoms with Gasteiger partial charge in [-0.1, -0.05) is 60.2 Å². The van der Waals surface area contributed by atoms with Crippen LogP contribution in [0.2, 0.25) is 0 Å². The van der Waals surface area contributed by atoms with E-state index >= 15 is 0 Å². The molecule has 3 aromatic rings. The summed E-state index contributed by atoms with van der Waals surface area (Å²) in [7, 11) is 1.88. The molecule has 0 saturated heterocycles. The lowest BCUT2D eigenvalue weighted by Crippen LogP contribution is -2.03. The summed E-state index contributed by atoms with van der Waals surface area (Å²) in [5, 5.41) is 14.5. The Bertz CT molecular complexity index is 918. The van der Waals surface area contributed by atoms with Crippen molar-refractivity contribution in [3.63, 3.8) is 0 Å². The molecule has 1 unspecified atom stereocenters. The first-order chi connectivity index (χ1) is 10.8. The van der Waals surface area contributed by atoms with Crippen molar-refractivity contribution < 1.29 is 0 Å². The van der Waals surface area contributed by atoms with Gasteiger partial charge in [-0.25, -0.2) is 4.68 Å². The maximum absolute atomic E-state index is 4.25. The van der Waals surface area contributed by atoms with Crippen LogP contribution >= 0.6 is 0 Å². The molecule has 0 fully saturated rings. The molecule has 0 spiro atoms. The molecular formula is C18H16N4. The Kier molecular flexibility index (Phi) is 2.89. The number of hydrogen-bond acceptors (Lipinski definition) is 3. The van der Waals surface area contributed by atoms with Crippen LogP contribution in [-0.2, 0) is 7.05 Å². The van der Waals surface area contributed by atoms with Gasteiger partial charge in [-0.05, 0) is 33.7 Å². The van der Waals surface area contributed by atoms with E-state index in [9.17, 15) is 0 Å². The van der Waals surface area contributed by atoms with Gasteiger partial charge in [0.15, 0.2) is 5.82 Å². The SMILES string of the molecule is CC1=CC=CC1c1ccc2ccccc2c1-c1nnnn1C. The largest absolute Gasteiger partial charge is 0.229 e. The molecule has 4 nitrogen and oxygen atoms in total. The Balaban J connectivity index is 2.07.